The summed E-state index contributed by atoms with van der Waals surface area (Å²) in [6, 6.07) is 128. The number of halogens is 1. The first-order chi connectivity index (χ1) is 57.3. The first-order valence-corrected chi connectivity index (χ1v) is 39.0. The molecule has 0 amide bonds. The van der Waals surface area contributed by atoms with E-state index in [0.717, 1.165) is 137 Å². The molecule has 0 fully saturated rings. The Morgan fingerprint density at radius 1 is 0.233 bits per heavy atom. The highest BCUT2D eigenvalue weighted by atomic mass is 79.9. The Balaban J connectivity index is 0.000000124. The molecule has 0 unspecified atom stereocenters. The van der Waals surface area contributed by atoms with Crippen molar-refractivity contribution in [3.63, 3.8) is 0 Å². The number of benzene rings is 14. The van der Waals surface area contributed by atoms with Gasteiger partial charge in [0.1, 0.15) is 11.3 Å². The van der Waals surface area contributed by atoms with Gasteiger partial charge < -0.3 is 19.2 Å². The maximum atomic E-state index is 9.76. The topological polar surface area (TPSA) is 163 Å². The Hall–Kier alpha value is -14.9. The van der Waals surface area contributed by atoms with Crippen LogP contribution in [0.1, 0.15) is 0 Å². The predicted molar refractivity (Wildman–Crippen MR) is 475 cm³/mol. The summed E-state index contributed by atoms with van der Waals surface area (Å²) in [6.45, 7) is 0. The minimum atomic E-state index is -1.50. The van der Waals surface area contributed by atoms with Gasteiger partial charge in [-0.2, -0.15) is 0 Å². The molecule has 8 aromatic heterocycles. The zero-order valence-corrected chi connectivity index (χ0v) is 63.8. The van der Waals surface area contributed by atoms with Crippen molar-refractivity contribution in [1.82, 2.24) is 58.1 Å². The number of hydrogen-bond acceptors (Lipinski definition) is 10. The van der Waals surface area contributed by atoms with Crippen LogP contribution in [0.4, 0.5) is 0 Å². The standard InChI is InChI=1S/C50H32N6.C32H20BrN5.C18H14BNO2/c1-4-15-33(16-5-1)47-52-48(34-17-6-2-7-18-34)54-49(53-47)36-19-12-22-38(31-36)56-45-32-35(28-29-41(45)43-26-14-30-51-50(43)56)39-24-13-25-42-40-23-10-11-27-44(40)55(46(39)42)37-20-8-3-9-21-37;33-24-16-17-26-27-15-8-18-34-32(27)38(28(26)20-24)25-14-7-13-23(19-25)31-36-29(21-9-3-1-4-10-21)35-30(37-31)22-11-5-2-6-12-22;21-19(22)16-11-6-10-15-14-9-4-5-12-17(14)20(18(15)16)13-7-2-1-3-8-13/h1-32H;1-20H;1-12,21-22H. The van der Waals surface area contributed by atoms with Crippen LogP contribution < -0.4 is 5.46 Å². The summed E-state index contributed by atoms with van der Waals surface area (Å²) < 4.78 is 9.95. The second kappa shape index (κ2) is 30.3. The molecule has 548 valence electrons. The monoisotopic (exact) mass is 1560 g/mol. The first-order valence-electron chi connectivity index (χ1n) is 38.2. The lowest BCUT2D eigenvalue weighted by molar-refractivity contribution is 0.426. The lowest BCUT2D eigenvalue weighted by atomic mass is 9.79. The molecule has 0 radical (unpaired) electrons. The second-order valence-electron chi connectivity index (χ2n) is 28.2. The molecule has 0 aliphatic rings. The van der Waals surface area contributed by atoms with Crippen molar-refractivity contribution < 1.29 is 10.0 Å². The van der Waals surface area contributed by atoms with Crippen LogP contribution in [-0.4, -0.2) is 75.3 Å². The van der Waals surface area contributed by atoms with E-state index in [1.807, 2.05) is 213 Å². The van der Waals surface area contributed by atoms with E-state index in [2.05, 4.69) is 204 Å². The van der Waals surface area contributed by atoms with Crippen LogP contribution in [0.2, 0.25) is 0 Å². The summed E-state index contributed by atoms with van der Waals surface area (Å²) in [7, 11) is -1.50. The fraction of sp³-hybridized carbons (Fsp3) is 0. The van der Waals surface area contributed by atoms with Crippen LogP contribution in [0, 0.1) is 0 Å². The SMILES string of the molecule is Brc1ccc2c3cccnc3n(-c3cccc(-c4nc(-c5ccccc5)nc(-c5ccccc5)n4)c3)c2c1.OB(O)c1cccc2c3ccccc3n(-c3ccccc3)c12.c1ccc(-c2nc(-c3ccccc3)nc(-c3cccc(-n4c5cc(-c6cccc7c8ccccc8n(-c8ccccc8)c67)ccc5c5cccnc54)c3)n2)cc1. The molecule has 0 bridgehead atoms. The van der Waals surface area contributed by atoms with Crippen molar-refractivity contribution in [2.24, 2.45) is 0 Å². The lowest BCUT2D eigenvalue weighted by Gasteiger charge is -2.13. The minimum Gasteiger partial charge on any atom is -0.423 e. The van der Waals surface area contributed by atoms with Gasteiger partial charge in [0, 0.05) is 127 Å². The normalized spacial score (nSPS) is 11.4. The van der Waals surface area contributed by atoms with Crippen molar-refractivity contribution in [2.75, 3.05) is 0 Å². The Morgan fingerprint density at radius 3 is 1.03 bits per heavy atom. The molecule has 14 nitrogen and oxygen atoms in total. The fourth-order valence-electron chi connectivity index (χ4n) is 16.0. The fourth-order valence-corrected chi connectivity index (χ4v) is 16.3. The molecule has 22 aromatic rings. The first kappa shape index (κ1) is 70.2. The molecule has 0 atom stereocenters. The van der Waals surface area contributed by atoms with Crippen LogP contribution in [0.15, 0.2) is 393 Å². The Bertz CT molecular complexity index is 7340. The van der Waals surface area contributed by atoms with Gasteiger partial charge in [-0.15, -0.1) is 0 Å². The van der Waals surface area contributed by atoms with Crippen molar-refractivity contribution in [3.05, 3.63) is 393 Å². The second-order valence-corrected chi connectivity index (χ2v) is 29.1. The number of para-hydroxylation sites is 6. The van der Waals surface area contributed by atoms with Gasteiger partial charge >= 0.3 is 7.12 Å². The molecule has 14 aromatic carbocycles. The van der Waals surface area contributed by atoms with E-state index in [9.17, 15) is 10.0 Å². The summed E-state index contributed by atoms with van der Waals surface area (Å²) in [5.74, 6) is 3.77. The minimum absolute atomic E-state index is 0.512. The summed E-state index contributed by atoms with van der Waals surface area (Å²) in [6.07, 6.45) is 3.70. The molecule has 16 heteroatoms. The third kappa shape index (κ3) is 13.0. The van der Waals surface area contributed by atoms with Crippen LogP contribution in [-0.2, 0) is 0 Å². The molecule has 0 saturated heterocycles. The molecular weight excluding hydrogens is 1490 g/mol. The summed E-state index contributed by atoms with van der Waals surface area (Å²) in [4.78, 5) is 39.3. The summed E-state index contributed by atoms with van der Waals surface area (Å²) >= 11 is 3.65. The maximum Gasteiger partial charge on any atom is 0.490 e. The van der Waals surface area contributed by atoms with Crippen LogP contribution in [0.3, 0.4) is 0 Å². The largest absolute Gasteiger partial charge is 0.490 e. The van der Waals surface area contributed by atoms with Crippen LogP contribution >= 0.6 is 15.9 Å². The maximum absolute atomic E-state index is 9.76. The molecule has 8 heterocycles. The van der Waals surface area contributed by atoms with Crippen molar-refractivity contribution in [3.8, 4) is 102 Å². The van der Waals surface area contributed by atoms with Crippen LogP contribution in [0.5, 0.6) is 0 Å². The smallest absolute Gasteiger partial charge is 0.423 e. The third-order valence-electron chi connectivity index (χ3n) is 21.2. The van der Waals surface area contributed by atoms with Crippen molar-refractivity contribution in [1.29, 1.82) is 0 Å². The van der Waals surface area contributed by atoms with Gasteiger partial charge in [0.25, 0.3) is 0 Å². The highest BCUT2D eigenvalue weighted by molar-refractivity contribution is 9.10. The zero-order chi connectivity index (χ0) is 77.6. The van der Waals surface area contributed by atoms with Gasteiger partial charge in [0.05, 0.1) is 33.1 Å². The van der Waals surface area contributed by atoms with E-state index in [-0.39, 0.29) is 0 Å². The molecule has 0 aliphatic carbocycles. The Labute approximate surface area is 674 Å². The van der Waals surface area contributed by atoms with Crippen molar-refractivity contribution in [2.45, 2.75) is 0 Å². The predicted octanol–water partition coefficient (Wildman–Crippen LogP) is 22.7. The average molecular weight is 1560 g/mol. The number of pyridine rings is 2. The number of rotatable bonds is 12. The summed E-state index contributed by atoms with van der Waals surface area (Å²) in [5.41, 5.74) is 20.6. The highest BCUT2D eigenvalue weighted by Crippen LogP contribution is 2.42. The van der Waals surface area contributed by atoms with Gasteiger partial charge in [0.2, 0.25) is 0 Å². The van der Waals surface area contributed by atoms with E-state index in [1.165, 1.54) is 21.8 Å². The molecule has 0 spiro atoms. The van der Waals surface area contributed by atoms with Gasteiger partial charge in [-0.25, -0.2) is 39.9 Å². The van der Waals surface area contributed by atoms with E-state index >= 15 is 0 Å². The van der Waals surface area contributed by atoms with E-state index in [0.29, 0.717) is 40.4 Å². The number of hydrogen-bond donors (Lipinski definition) is 2. The highest BCUT2D eigenvalue weighted by Gasteiger charge is 2.25. The number of fused-ring (bicyclic) bond motifs is 12. The van der Waals surface area contributed by atoms with Gasteiger partial charge in [0.15, 0.2) is 34.9 Å². The Morgan fingerprint density at radius 2 is 0.569 bits per heavy atom. The van der Waals surface area contributed by atoms with Gasteiger partial charge in [-0.05, 0) is 109 Å². The van der Waals surface area contributed by atoms with E-state index in [4.69, 9.17) is 39.9 Å². The Kier molecular flexibility index (Phi) is 18.3. The molecule has 0 aliphatic heterocycles. The molecular formula is C100H66BBrN12O2. The number of nitrogens with zero attached hydrogens (tertiary/aromatic N) is 12. The van der Waals surface area contributed by atoms with Crippen LogP contribution in [0.25, 0.3) is 190 Å². The van der Waals surface area contributed by atoms with Crippen molar-refractivity contribution >= 4 is 116 Å². The molecule has 116 heavy (non-hydrogen) atoms. The molecule has 22 rings (SSSR count). The van der Waals surface area contributed by atoms with E-state index < -0.39 is 7.12 Å². The average Bonchev–Trinajstić information content (AvgIpc) is 1.83. The lowest BCUT2D eigenvalue weighted by Crippen LogP contribution is -2.31. The third-order valence-corrected chi connectivity index (χ3v) is 21.7. The van der Waals surface area contributed by atoms with E-state index in [1.54, 1.807) is 6.07 Å². The molecule has 0 saturated carbocycles. The molecule has 2 N–H and O–H groups in total. The van der Waals surface area contributed by atoms with Gasteiger partial charge in [-0.1, -0.05) is 289 Å². The summed E-state index contributed by atoms with van der Waals surface area (Å²) in [5, 5.41) is 28.6. The number of aromatic nitrogens is 12. The van der Waals surface area contributed by atoms with Gasteiger partial charge in [-0.3, -0.25) is 9.13 Å². The zero-order valence-electron chi connectivity index (χ0n) is 62.2. The quantitative estimate of drug-likeness (QED) is 0.113.